The van der Waals surface area contributed by atoms with E-state index >= 15 is 0 Å². The van der Waals surface area contributed by atoms with Crippen LogP contribution in [0.15, 0.2) is 18.2 Å². The van der Waals surface area contributed by atoms with Crippen molar-refractivity contribution in [2.24, 2.45) is 0 Å². The Balaban J connectivity index is 1.35. The largest absolute Gasteiger partial charge is 0.492 e. The summed E-state index contributed by atoms with van der Waals surface area (Å²) >= 11 is 11.9. The van der Waals surface area contributed by atoms with E-state index in [2.05, 4.69) is 10.6 Å². The lowest BCUT2D eigenvalue weighted by molar-refractivity contribution is -0.122. The number of piperidine rings is 1. The Labute approximate surface area is 146 Å². The van der Waals surface area contributed by atoms with Crippen LogP contribution in [-0.4, -0.2) is 30.6 Å². The van der Waals surface area contributed by atoms with Crippen LogP contribution in [0.4, 0.5) is 0 Å². The summed E-state index contributed by atoms with van der Waals surface area (Å²) in [6.07, 6.45) is 5.74. The lowest BCUT2D eigenvalue weighted by Gasteiger charge is -2.29. The maximum absolute atomic E-state index is 12.0. The molecule has 1 amide bonds. The van der Waals surface area contributed by atoms with Crippen molar-refractivity contribution in [2.75, 3.05) is 6.61 Å². The number of hydrogen-bond donors (Lipinski definition) is 2. The van der Waals surface area contributed by atoms with Gasteiger partial charge < -0.3 is 15.4 Å². The number of carbonyl (C=O) groups is 1. The second-order valence-corrected chi connectivity index (χ2v) is 7.24. The maximum Gasteiger partial charge on any atom is 0.220 e. The average molecular weight is 357 g/mol. The van der Waals surface area contributed by atoms with Gasteiger partial charge in [-0.15, -0.1) is 0 Å². The minimum Gasteiger partial charge on any atom is -0.492 e. The van der Waals surface area contributed by atoms with E-state index in [1.54, 1.807) is 18.2 Å². The molecule has 0 aromatic heterocycles. The van der Waals surface area contributed by atoms with Crippen LogP contribution < -0.4 is 15.4 Å². The lowest BCUT2D eigenvalue weighted by Crippen LogP contribution is -2.48. The molecule has 0 radical (unpaired) electrons. The number of ether oxygens (including phenoxy) is 1. The lowest BCUT2D eigenvalue weighted by atomic mass is 9.99. The minimum absolute atomic E-state index is 0.113. The number of rotatable bonds is 6. The zero-order valence-corrected chi connectivity index (χ0v) is 14.5. The summed E-state index contributed by atoms with van der Waals surface area (Å²) in [5.41, 5.74) is 0. The van der Waals surface area contributed by atoms with Crippen molar-refractivity contribution < 1.29 is 9.53 Å². The molecule has 2 atom stereocenters. The molecule has 0 saturated carbocycles. The molecule has 4 nitrogen and oxygen atoms in total. The fraction of sp³-hybridized carbons (Fsp3) is 0.588. The molecule has 0 spiro atoms. The van der Waals surface area contributed by atoms with E-state index in [1.807, 2.05) is 0 Å². The van der Waals surface area contributed by atoms with E-state index in [4.69, 9.17) is 27.9 Å². The summed E-state index contributed by atoms with van der Waals surface area (Å²) in [6.45, 7) is 0.465. The van der Waals surface area contributed by atoms with Gasteiger partial charge in [-0.2, -0.15) is 0 Å². The van der Waals surface area contributed by atoms with E-state index in [-0.39, 0.29) is 5.91 Å². The molecule has 2 saturated heterocycles. The fourth-order valence-corrected chi connectivity index (χ4v) is 3.95. The molecule has 2 heterocycles. The Hall–Kier alpha value is -0.970. The van der Waals surface area contributed by atoms with E-state index < -0.39 is 0 Å². The first-order valence-electron chi connectivity index (χ1n) is 8.23. The molecular formula is C17H22Cl2N2O2. The maximum atomic E-state index is 12.0. The van der Waals surface area contributed by atoms with E-state index in [1.165, 1.54) is 12.8 Å². The molecule has 1 aromatic carbocycles. The third kappa shape index (κ3) is 4.75. The predicted molar refractivity (Wildman–Crippen MR) is 92.3 cm³/mol. The van der Waals surface area contributed by atoms with Crippen LogP contribution >= 0.6 is 23.2 Å². The molecule has 0 aliphatic carbocycles. The SMILES string of the molecule is O=C(CCCOc1ccc(Cl)cc1Cl)NC1CC2CCC(C1)N2. The Bertz CT molecular complexity index is 556. The molecular weight excluding hydrogens is 335 g/mol. The van der Waals surface area contributed by atoms with Gasteiger partial charge in [0.25, 0.3) is 0 Å². The van der Waals surface area contributed by atoms with Gasteiger partial charge in [-0.3, -0.25) is 4.79 Å². The molecule has 2 N–H and O–H groups in total. The molecule has 2 unspecified atom stereocenters. The Morgan fingerprint density at radius 2 is 2.00 bits per heavy atom. The van der Waals surface area contributed by atoms with E-state index in [9.17, 15) is 4.79 Å². The standard InChI is InChI=1S/C17H22Cl2N2O2/c18-11-3-6-16(15(19)8-11)23-7-1-2-17(22)21-14-9-12-4-5-13(10-14)20-12/h3,6,8,12-14,20H,1-2,4-5,7,9-10H2,(H,21,22). The monoisotopic (exact) mass is 356 g/mol. The number of benzene rings is 1. The van der Waals surface area contributed by atoms with Crippen LogP contribution in [-0.2, 0) is 4.79 Å². The first kappa shape index (κ1) is 16.9. The number of amides is 1. The zero-order chi connectivity index (χ0) is 16.2. The highest BCUT2D eigenvalue weighted by molar-refractivity contribution is 6.35. The zero-order valence-electron chi connectivity index (χ0n) is 13.0. The third-order valence-corrected chi connectivity index (χ3v) is 5.07. The quantitative estimate of drug-likeness (QED) is 0.766. The van der Waals surface area contributed by atoms with Gasteiger partial charge in [0.15, 0.2) is 0 Å². The van der Waals surface area contributed by atoms with Crippen molar-refractivity contribution in [3.63, 3.8) is 0 Å². The topological polar surface area (TPSA) is 50.4 Å². The van der Waals surface area contributed by atoms with Crippen molar-refractivity contribution in [3.8, 4) is 5.75 Å². The van der Waals surface area contributed by atoms with Gasteiger partial charge in [-0.25, -0.2) is 0 Å². The Kier molecular flexibility index (Phi) is 5.67. The second-order valence-electron chi connectivity index (χ2n) is 6.40. The van der Waals surface area contributed by atoms with Crippen molar-refractivity contribution >= 4 is 29.1 Å². The normalized spacial score (nSPS) is 26.1. The van der Waals surface area contributed by atoms with Crippen LogP contribution in [0.3, 0.4) is 0 Å². The highest BCUT2D eigenvalue weighted by Crippen LogP contribution is 2.28. The molecule has 126 valence electrons. The minimum atomic E-state index is 0.113. The van der Waals surface area contributed by atoms with Gasteiger partial charge in [0, 0.05) is 29.6 Å². The van der Waals surface area contributed by atoms with E-state index in [0.717, 1.165) is 12.8 Å². The number of nitrogens with one attached hydrogen (secondary N) is 2. The smallest absolute Gasteiger partial charge is 0.220 e. The summed E-state index contributed by atoms with van der Waals surface area (Å²) in [6, 6.07) is 6.64. The molecule has 2 fully saturated rings. The molecule has 1 aromatic rings. The van der Waals surface area contributed by atoms with Crippen LogP contribution in [0.2, 0.25) is 10.0 Å². The number of halogens is 2. The fourth-order valence-electron chi connectivity index (χ4n) is 3.48. The van der Waals surface area contributed by atoms with Gasteiger partial charge in [-0.05, 0) is 50.3 Å². The first-order valence-corrected chi connectivity index (χ1v) is 8.99. The highest BCUT2D eigenvalue weighted by atomic mass is 35.5. The van der Waals surface area contributed by atoms with Crippen molar-refractivity contribution in [1.82, 2.24) is 10.6 Å². The van der Waals surface area contributed by atoms with Gasteiger partial charge in [0.2, 0.25) is 5.91 Å². The Morgan fingerprint density at radius 1 is 1.26 bits per heavy atom. The van der Waals surface area contributed by atoms with Crippen LogP contribution in [0.25, 0.3) is 0 Å². The van der Waals surface area contributed by atoms with Crippen molar-refractivity contribution in [1.29, 1.82) is 0 Å². The third-order valence-electron chi connectivity index (χ3n) is 4.54. The summed E-state index contributed by atoms with van der Waals surface area (Å²) in [5.74, 6) is 0.716. The number of fused-ring (bicyclic) bond motifs is 2. The number of carbonyl (C=O) groups excluding carboxylic acids is 1. The van der Waals surface area contributed by atoms with Crippen LogP contribution in [0.1, 0.15) is 38.5 Å². The van der Waals surface area contributed by atoms with Gasteiger partial charge >= 0.3 is 0 Å². The van der Waals surface area contributed by atoms with Gasteiger partial charge in [0.1, 0.15) is 5.75 Å². The first-order chi connectivity index (χ1) is 11.1. The van der Waals surface area contributed by atoms with Crippen LogP contribution in [0, 0.1) is 0 Å². The molecule has 2 bridgehead atoms. The van der Waals surface area contributed by atoms with Crippen molar-refractivity contribution in [2.45, 2.75) is 56.7 Å². The molecule has 23 heavy (non-hydrogen) atoms. The molecule has 3 rings (SSSR count). The summed E-state index contributed by atoms with van der Waals surface area (Å²) in [7, 11) is 0. The van der Waals surface area contributed by atoms with Crippen molar-refractivity contribution in [3.05, 3.63) is 28.2 Å². The van der Waals surface area contributed by atoms with E-state index in [0.29, 0.717) is 53.4 Å². The second kappa shape index (κ2) is 7.73. The molecule has 2 aliphatic rings. The predicted octanol–water partition coefficient (Wildman–Crippen LogP) is 3.55. The average Bonchev–Trinajstić information content (AvgIpc) is 2.84. The summed E-state index contributed by atoms with van der Waals surface area (Å²) in [4.78, 5) is 12.0. The Morgan fingerprint density at radius 3 is 2.70 bits per heavy atom. The van der Waals surface area contributed by atoms with Crippen LogP contribution in [0.5, 0.6) is 5.75 Å². The molecule has 6 heteroatoms. The van der Waals surface area contributed by atoms with Gasteiger partial charge in [-0.1, -0.05) is 23.2 Å². The summed E-state index contributed by atoms with van der Waals surface area (Å²) in [5, 5.41) is 7.81. The highest BCUT2D eigenvalue weighted by Gasteiger charge is 2.33. The molecule has 2 aliphatic heterocycles. The summed E-state index contributed by atoms with van der Waals surface area (Å²) < 4.78 is 5.60. The van der Waals surface area contributed by atoms with Gasteiger partial charge in [0.05, 0.1) is 11.6 Å². The number of hydrogen-bond acceptors (Lipinski definition) is 3.